The second-order valence-electron chi connectivity index (χ2n) is 6.63. The number of nitrogens with zero attached hydrogens (tertiary/aromatic N) is 1. The number of carbonyl (C=O) groups excluding carboxylic acids is 2. The van der Waals surface area contributed by atoms with E-state index in [0.29, 0.717) is 17.1 Å². The van der Waals surface area contributed by atoms with Gasteiger partial charge in [-0.15, -0.1) is 0 Å². The van der Waals surface area contributed by atoms with Crippen LogP contribution in [0.5, 0.6) is 11.5 Å². The van der Waals surface area contributed by atoms with Crippen molar-refractivity contribution < 1.29 is 19.1 Å². The van der Waals surface area contributed by atoms with Crippen LogP contribution in [0.25, 0.3) is 0 Å². The Labute approximate surface area is 175 Å². The molecule has 0 bridgehead atoms. The highest BCUT2D eigenvalue weighted by Gasteiger charge is 2.08. The van der Waals surface area contributed by atoms with Gasteiger partial charge in [0.25, 0.3) is 5.91 Å². The number of hydrazone groups is 1. The van der Waals surface area contributed by atoms with Crippen LogP contribution in [0.2, 0.25) is 0 Å². The zero-order valence-corrected chi connectivity index (χ0v) is 16.8. The van der Waals surface area contributed by atoms with Crippen LogP contribution in [0.4, 0.5) is 0 Å². The van der Waals surface area contributed by atoms with E-state index in [1.165, 1.54) is 6.21 Å². The van der Waals surface area contributed by atoms with E-state index in [2.05, 4.69) is 10.5 Å². The highest BCUT2D eigenvalue weighted by molar-refractivity contribution is 5.91. The van der Waals surface area contributed by atoms with Crippen LogP contribution in [0.1, 0.15) is 27.0 Å². The first kappa shape index (κ1) is 20.8. The summed E-state index contributed by atoms with van der Waals surface area (Å²) in [5.41, 5.74) is 5.59. The van der Waals surface area contributed by atoms with Gasteiger partial charge in [0.05, 0.1) is 11.8 Å². The fourth-order valence-electron chi connectivity index (χ4n) is 2.74. The number of amides is 1. The fourth-order valence-corrected chi connectivity index (χ4v) is 2.74. The number of esters is 1. The van der Waals surface area contributed by atoms with Gasteiger partial charge in [-0.05, 0) is 66.9 Å². The quantitative estimate of drug-likeness (QED) is 0.280. The van der Waals surface area contributed by atoms with Crippen molar-refractivity contribution in [1.82, 2.24) is 5.43 Å². The number of benzene rings is 3. The molecule has 152 valence electrons. The van der Waals surface area contributed by atoms with Gasteiger partial charge in [-0.2, -0.15) is 5.10 Å². The molecule has 0 aliphatic heterocycles. The molecule has 0 saturated carbocycles. The number of nitrogens with one attached hydrogen (secondary N) is 1. The number of para-hydroxylation sites is 1. The second-order valence-corrected chi connectivity index (χ2v) is 6.63. The van der Waals surface area contributed by atoms with Gasteiger partial charge in [0.2, 0.25) is 0 Å². The summed E-state index contributed by atoms with van der Waals surface area (Å²) in [5, 5.41) is 3.92. The summed E-state index contributed by atoms with van der Waals surface area (Å²) in [4.78, 5) is 24.0. The Bertz CT molecular complexity index is 1020. The van der Waals surface area contributed by atoms with Gasteiger partial charge in [-0.1, -0.05) is 36.4 Å². The SMILES string of the molecule is Cc1cccc(C)c1OCC(=O)NN=Cc1ccc(OC(=O)c2ccccc2)cc1. The monoisotopic (exact) mass is 402 g/mol. The van der Waals surface area contributed by atoms with Gasteiger partial charge in [0.15, 0.2) is 6.61 Å². The van der Waals surface area contributed by atoms with E-state index in [4.69, 9.17) is 9.47 Å². The molecule has 6 nitrogen and oxygen atoms in total. The van der Waals surface area contributed by atoms with Crippen molar-refractivity contribution in [2.45, 2.75) is 13.8 Å². The first-order valence-electron chi connectivity index (χ1n) is 9.41. The van der Waals surface area contributed by atoms with Crippen LogP contribution in [-0.2, 0) is 4.79 Å². The molecule has 0 aliphatic rings. The normalized spacial score (nSPS) is 10.6. The van der Waals surface area contributed by atoms with E-state index >= 15 is 0 Å². The van der Waals surface area contributed by atoms with Crippen molar-refractivity contribution >= 4 is 18.1 Å². The lowest BCUT2D eigenvalue weighted by Crippen LogP contribution is -2.25. The van der Waals surface area contributed by atoms with Crippen LogP contribution in [0.3, 0.4) is 0 Å². The van der Waals surface area contributed by atoms with Crippen molar-refractivity contribution in [3.63, 3.8) is 0 Å². The summed E-state index contributed by atoms with van der Waals surface area (Å²) in [7, 11) is 0. The van der Waals surface area contributed by atoms with Gasteiger partial charge in [-0.25, -0.2) is 10.2 Å². The lowest BCUT2D eigenvalue weighted by Gasteiger charge is -2.10. The molecule has 0 heterocycles. The Morgan fingerprint density at radius 3 is 2.23 bits per heavy atom. The van der Waals surface area contributed by atoms with Gasteiger partial charge in [0.1, 0.15) is 11.5 Å². The second kappa shape index (κ2) is 10.0. The van der Waals surface area contributed by atoms with E-state index in [0.717, 1.165) is 16.7 Å². The third kappa shape index (κ3) is 5.78. The smallest absolute Gasteiger partial charge is 0.343 e. The van der Waals surface area contributed by atoms with Crippen LogP contribution >= 0.6 is 0 Å². The molecule has 0 aliphatic carbocycles. The number of hydrogen-bond acceptors (Lipinski definition) is 5. The van der Waals surface area contributed by atoms with E-state index in [1.807, 2.05) is 38.1 Å². The zero-order valence-electron chi connectivity index (χ0n) is 16.8. The maximum Gasteiger partial charge on any atom is 0.343 e. The first-order chi connectivity index (χ1) is 14.5. The highest BCUT2D eigenvalue weighted by Crippen LogP contribution is 2.22. The number of rotatable bonds is 7. The molecule has 3 aromatic carbocycles. The minimum Gasteiger partial charge on any atom is -0.483 e. The summed E-state index contributed by atoms with van der Waals surface area (Å²) < 4.78 is 10.9. The van der Waals surface area contributed by atoms with Crippen LogP contribution < -0.4 is 14.9 Å². The van der Waals surface area contributed by atoms with Crippen molar-refractivity contribution in [3.8, 4) is 11.5 Å². The fraction of sp³-hybridized carbons (Fsp3) is 0.125. The predicted molar refractivity (Wildman–Crippen MR) is 115 cm³/mol. The number of aryl methyl sites for hydroxylation is 2. The summed E-state index contributed by atoms with van der Waals surface area (Å²) in [6, 6.07) is 21.4. The summed E-state index contributed by atoms with van der Waals surface area (Å²) in [6.07, 6.45) is 1.50. The molecule has 0 unspecified atom stereocenters. The van der Waals surface area contributed by atoms with E-state index in [-0.39, 0.29) is 12.5 Å². The van der Waals surface area contributed by atoms with Crippen LogP contribution in [-0.4, -0.2) is 24.7 Å². The molecule has 0 aromatic heterocycles. The summed E-state index contributed by atoms with van der Waals surface area (Å²) in [5.74, 6) is 0.347. The van der Waals surface area contributed by atoms with Crippen LogP contribution in [0.15, 0.2) is 77.9 Å². The lowest BCUT2D eigenvalue weighted by atomic mass is 10.1. The lowest BCUT2D eigenvalue weighted by molar-refractivity contribution is -0.123. The Balaban J connectivity index is 1.48. The standard InChI is InChI=1S/C24H22N2O4/c1-17-7-6-8-18(2)23(17)29-16-22(27)26-25-15-19-11-13-21(14-12-19)30-24(28)20-9-4-3-5-10-20/h3-15H,16H2,1-2H3,(H,26,27). The first-order valence-corrected chi connectivity index (χ1v) is 9.41. The zero-order chi connectivity index (χ0) is 21.3. The molecular weight excluding hydrogens is 380 g/mol. The molecule has 3 aromatic rings. The number of ether oxygens (including phenoxy) is 2. The Kier molecular flexibility index (Phi) is 6.95. The van der Waals surface area contributed by atoms with Crippen LogP contribution in [0, 0.1) is 13.8 Å². The van der Waals surface area contributed by atoms with E-state index < -0.39 is 5.97 Å². The topological polar surface area (TPSA) is 77.0 Å². The number of carbonyl (C=O) groups is 2. The van der Waals surface area contributed by atoms with Gasteiger partial charge < -0.3 is 9.47 Å². The molecular formula is C24H22N2O4. The molecule has 30 heavy (non-hydrogen) atoms. The van der Waals surface area contributed by atoms with Crippen molar-refractivity contribution in [3.05, 3.63) is 95.1 Å². The van der Waals surface area contributed by atoms with Gasteiger partial charge in [-0.3, -0.25) is 4.79 Å². The molecule has 3 rings (SSSR count). The van der Waals surface area contributed by atoms with Crippen molar-refractivity contribution in [2.75, 3.05) is 6.61 Å². The molecule has 1 amide bonds. The van der Waals surface area contributed by atoms with Gasteiger partial charge in [0, 0.05) is 0 Å². The predicted octanol–water partition coefficient (Wildman–Crippen LogP) is 4.05. The molecule has 0 saturated heterocycles. The third-order valence-electron chi connectivity index (χ3n) is 4.26. The summed E-state index contributed by atoms with van der Waals surface area (Å²) in [6.45, 7) is 3.73. The average molecular weight is 402 g/mol. The van der Waals surface area contributed by atoms with E-state index in [9.17, 15) is 9.59 Å². The minimum absolute atomic E-state index is 0.128. The number of hydrogen-bond donors (Lipinski definition) is 1. The maximum atomic E-state index is 12.0. The molecule has 0 radical (unpaired) electrons. The molecule has 0 spiro atoms. The van der Waals surface area contributed by atoms with Gasteiger partial charge >= 0.3 is 5.97 Å². The Morgan fingerprint density at radius 1 is 0.900 bits per heavy atom. The van der Waals surface area contributed by atoms with Crippen molar-refractivity contribution in [1.29, 1.82) is 0 Å². The minimum atomic E-state index is -0.423. The molecule has 1 N–H and O–H groups in total. The Morgan fingerprint density at radius 2 is 1.57 bits per heavy atom. The molecule has 0 atom stereocenters. The maximum absolute atomic E-state index is 12.0. The largest absolute Gasteiger partial charge is 0.483 e. The van der Waals surface area contributed by atoms with E-state index in [1.54, 1.807) is 48.5 Å². The summed E-state index contributed by atoms with van der Waals surface area (Å²) >= 11 is 0. The highest BCUT2D eigenvalue weighted by atomic mass is 16.5. The average Bonchev–Trinajstić information content (AvgIpc) is 2.75. The van der Waals surface area contributed by atoms with Crippen molar-refractivity contribution in [2.24, 2.45) is 5.10 Å². The Hall–Kier alpha value is -3.93. The third-order valence-corrected chi connectivity index (χ3v) is 4.26. The molecule has 6 heteroatoms. The molecule has 0 fully saturated rings.